The van der Waals surface area contributed by atoms with Crippen molar-refractivity contribution in [1.29, 1.82) is 0 Å². The fourth-order valence-corrected chi connectivity index (χ4v) is 1.89. The van der Waals surface area contributed by atoms with Crippen LogP contribution in [0.5, 0.6) is 0 Å². The number of halogens is 1. The van der Waals surface area contributed by atoms with Crippen LogP contribution in [0.25, 0.3) is 0 Å². The Hall–Kier alpha value is -0.820. The molecule has 1 rings (SSSR count). The molecular formula is C10H16BrN3O2S. The second kappa shape index (κ2) is 4.81. The van der Waals surface area contributed by atoms with Crippen molar-refractivity contribution in [3.63, 3.8) is 0 Å². The number of nitrogens with two attached hydrogens (primary N) is 1. The molecule has 0 saturated carbocycles. The molecule has 5 nitrogen and oxygen atoms in total. The lowest BCUT2D eigenvalue weighted by Crippen LogP contribution is -2.38. The summed E-state index contributed by atoms with van der Waals surface area (Å²) in [5, 5.41) is 3.04. The number of nitrogens with one attached hydrogen (secondary N) is 1. The largest absolute Gasteiger partial charge is 0.396 e. The zero-order chi connectivity index (χ0) is 13.3. The van der Waals surface area contributed by atoms with Crippen molar-refractivity contribution in [2.24, 2.45) is 0 Å². The maximum Gasteiger partial charge on any atom is 0.154 e. The molecule has 0 spiro atoms. The van der Waals surface area contributed by atoms with Gasteiger partial charge >= 0.3 is 0 Å². The number of rotatable bonds is 4. The summed E-state index contributed by atoms with van der Waals surface area (Å²) >= 11 is 3.31. The molecule has 0 radical (unpaired) electrons. The first kappa shape index (κ1) is 14.2. The molecule has 0 aliphatic carbocycles. The van der Waals surface area contributed by atoms with Crippen LogP contribution in [-0.4, -0.2) is 30.9 Å². The highest BCUT2D eigenvalue weighted by Gasteiger charge is 2.30. The summed E-state index contributed by atoms with van der Waals surface area (Å²) in [6.45, 7) is 3.61. The third kappa shape index (κ3) is 3.32. The van der Waals surface area contributed by atoms with Crippen LogP contribution in [0, 0.1) is 0 Å². The van der Waals surface area contributed by atoms with Gasteiger partial charge in [0.15, 0.2) is 9.84 Å². The van der Waals surface area contributed by atoms with Gasteiger partial charge in [-0.1, -0.05) is 0 Å². The average Bonchev–Trinajstić information content (AvgIpc) is 2.15. The molecule has 0 saturated heterocycles. The first-order valence-electron chi connectivity index (χ1n) is 4.97. The van der Waals surface area contributed by atoms with E-state index in [0.717, 1.165) is 0 Å². The zero-order valence-corrected chi connectivity index (χ0v) is 12.4. The van der Waals surface area contributed by atoms with E-state index in [2.05, 4.69) is 26.2 Å². The summed E-state index contributed by atoms with van der Waals surface area (Å²) in [4.78, 5) is 3.91. The molecule has 0 aliphatic heterocycles. The molecule has 0 aromatic carbocycles. The Kier molecular flexibility index (Phi) is 4.03. The lowest BCUT2D eigenvalue weighted by atomic mass is 10.2. The van der Waals surface area contributed by atoms with E-state index in [1.54, 1.807) is 20.0 Å². The normalized spacial score (nSPS) is 12.5. The Morgan fingerprint density at radius 3 is 2.53 bits per heavy atom. The van der Waals surface area contributed by atoms with Crippen LogP contribution in [0.15, 0.2) is 16.9 Å². The maximum atomic E-state index is 11.5. The van der Waals surface area contributed by atoms with Crippen LogP contribution >= 0.6 is 15.9 Å². The van der Waals surface area contributed by atoms with Crippen molar-refractivity contribution in [3.8, 4) is 0 Å². The number of sulfone groups is 1. The molecule has 3 N–H and O–H groups in total. The second-order valence-corrected chi connectivity index (χ2v) is 7.97. The molecule has 0 amide bonds. The lowest BCUT2D eigenvalue weighted by molar-refractivity contribution is 0.560. The van der Waals surface area contributed by atoms with Crippen LogP contribution < -0.4 is 11.1 Å². The fourth-order valence-electron chi connectivity index (χ4n) is 1.07. The number of hydrogen-bond acceptors (Lipinski definition) is 5. The summed E-state index contributed by atoms with van der Waals surface area (Å²) in [5.41, 5.74) is 6.89. The van der Waals surface area contributed by atoms with Crippen LogP contribution in [-0.2, 0) is 9.84 Å². The highest BCUT2D eigenvalue weighted by Crippen LogP contribution is 2.28. The van der Waals surface area contributed by atoms with Gasteiger partial charge in [0.2, 0.25) is 0 Å². The summed E-state index contributed by atoms with van der Waals surface area (Å²) in [6, 6.07) is 0. The minimum absolute atomic E-state index is 0.276. The SMILES string of the molecule is CC(C)(CNc1c(N)cncc1Br)S(C)(=O)=O. The minimum Gasteiger partial charge on any atom is -0.396 e. The Labute approximate surface area is 110 Å². The number of hydrogen-bond donors (Lipinski definition) is 2. The molecule has 1 aromatic heterocycles. The molecule has 0 bridgehead atoms. The summed E-state index contributed by atoms with van der Waals surface area (Å²) in [5.74, 6) is 0. The Morgan fingerprint density at radius 2 is 2.06 bits per heavy atom. The molecule has 17 heavy (non-hydrogen) atoms. The first-order valence-corrected chi connectivity index (χ1v) is 7.66. The summed E-state index contributed by atoms with van der Waals surface area (Å²) in [7, 11) is -3.13. The van der Waals surface area contributed by atoms with E-state index in [1.807, 2.05) is 0 Å². The number of nitrogen functional groups attached to an aromatic ring is 1. The molecular weight excluding hydrogens is 306 g/mol. The van der Waals surface area contributed by atoms with E-state index in [9.17, 15) is 8.42 Å². The van der Waals surface area contributed by atoms with Gasteiger partial charge in [-0.05, 0) is 29.8 Å². The van der Waals surface area contributed by atoms with E-state index in [4.69, 9.17) is 5.73 Å². The van der Waals surface area contributed by atoms with Crippen molar-refractivity contribution in [3.05, 3.63) is 16.9 Å². The predicted octanol–water partition coefficient (Wildman–Crippen LogP) is 1.66. The fraction of sp³-hybridized carbons (Fsp3) is 0.500. The third-order valence-corrected chi connectivity index (χ3v) is 5.38. The van der Waals surface area contributed by atoms with E-state index in [1.165, 1.54) is 12.5 Å². The van der Waals surface area contributed by atoms with E-state index < -0.39 is 14.6 Å². The summed E-state index contributed by atoms with van der Waals surface area (Å²) < 4.78 is 22.9. The quantitative estimate of drug-likeness (QED) is 0.881. The van der Waals surface area contributed by atoms with Gasteiger partial charge in [0, 0.05) is 19.0 Å². The monoisotopic (exact) mass is 321 g/mol. The Bertz CT molecular complexity index is 494. The Morgan fingerprint density at radius 1 is 1.47 bits per heavy atom. The number of anilines is 2. The van der Waals surface area contributed by atoms with Crippen molar-refractivity contribution in [1.82, 2.24) is 4.98 Å². The topological polar surface area (TPSA) is 85.1 Å². The highest BCUT2D eigenvalue weighted by atomic mass is 79.9. The zero-order valence-electron chi connectivity index (χ0n) is 9.99. The molecule has 1 heterocycles. The summed E-state index contributed by atoms with van der Waals surface area (Å²) in [6.07, 6.45) is 4.34. The number of nitrogens with zero attached hydrogens (tertiary/aromatic N) is 1. The second-order valence-electron chi connectivity index (χ2n) is 4.47. The molecule has 0 unspecified atom stereocenters. The molecule has 96 valence electrons. The molecule has 7 heteroatoms. The first-order chi connectivity index (χ1) is 7.65. The van der Waals surface area contributed by atoms with Gasteiger partial charge in [0.25, 0.3) is 0 Å². The molecule has 0 atom stereocenters. The van der Waals surface area contributed by atoms with Gasteiger partial charge in [-0.25, -0.2) is 8.42 Å². The van der Waals surface area contributed by atoms with Crippen LogP contribution in [0.3, 0.4) is 0 Å². The van der Waals surface area contributed by atoms with E-state index >= 15 is 0 Å². The van der Waals surface area contributed by atoms with Gasteiger partial charge in [-0.2, -0.15) is 0 Å². The van der Waals surface area contributed by atoms with Gasteiger partial charge in [0.05, 0.1) is 26.8 Å². The highest BCUT2D eigenvalue weighted by molar-refractivity contribution is 9.10. The van der Waals surface area contributed by atoms with Crippen molar-refractivity contribution in [2.75, 3.05) is 23.9 Å². The average molecular weight is 322 g/mol. The molecule has 1 aromatic rings. The molecule has 0 fully saturated rings. The molecule has 0 aliphatic rings. The van der Waals surface area contributed by atoms with Crippen molar-refractivity contribution in [2.45, 2.75) is 18.6 Å². The van der Waals surface area contributed by atoms with Gasteiger partial charge in [-0.3, -0.25) is 4.98 Å². The number of pyridine rings is 1. The number of aromatic nitrogens is 1. The third-order valence-electron chi connectivity index (χ3n) is 2.62. The van der Waals surface area contributed by atoms with Crippen molar-refractivity contribution < 1.29 is 8.42 Å². The van der Waals surface area contributed by atoms with Crippen molar-refractivity contribution >= 4 is 37.1 Å². The standard InChI is InChI=1S/C10H16BrN3O2S/c1-10(2,17(3,15)16)6-14-9-7(11)4-13-5-8(9)12/h4-5H,6,12H2,1-3H3,(H,13,14). The van der Waals surface area contributed by atoms with Crippen LogP contribution in [0.1, 0.15) is 13.8 Å². The van der Waals surface area contributed by atoms with Gasteiger partial charge in [0.1, 0.15) is 0 Å². The van der Waals surface area contributed by atoms with Crippen LogP contribution in [0.4, 0.5) is 11.4 Å². The maximum absolute atomic E-state index is 11.5. The van der Waals surface area contributed by atoms with Crippen LogP contribution in [0.2, 0.25) is 0 Å². The van der Waals surface area contributed by atoms with E-state index in [-0.39, 0.29) is 6.54 Å². The van der Waals surface area contributed by atoms with Gasteiger partial charge < -0.3 is 11.1 Å². The van der Waals surface area contributed by atoms with E-state index in [0.29, 0.717) is 15.8 Å². The minimum atomic E-state index is -3.13. The Balaban J connectivity index is 2.89. The lowest BCUT2D eigenvalue weighted by Gasteiger charge is -2.24. The van der Waals surface area contributed by atoms with Gasteiger partial charge in [-0.15, -0.1) is 0 Å². The predicted molar refractivity (Wildman–Crippen MR) is 73.8 cm³/mol. The smallest absolute Gasteiger partial charge is 0.154 e.